The fourth-order valence-electron chi connectivity index (χ4n) is 2.46. The van der Waals surface area contributed by atoms with Crippen LogP contribution in [-0.2, 0) is 0 Å². The Bertz CT molecular complexity index is 606. The van der Waals surface area contributed by atoms with E-state index < -0.39 is 0 Å². The summed E-state index contributed by atoms with van der Waals surface area (Å²) in [6.45, 7) is 4.97. The second kappa shape index (κ2) is 5.00. The quantitative estimate of drug-likeness (QED) is 0.881. The molecule has 20 heavy (non-hydrogen) atoms. The van der Waals surface area contributed by atoms with Gasteiger partial charge in [0.1, 0.15) is 5.69 Å². The van der Waals surface area contributed by atoms with Crippen molar-refractivity contribution in [1.29, 1.82) is 0 Å². The second-order valence-electron chi connectivity index (χ2n) is 5.40. The number of rotatable bonds is 2. The average Bonchev–Trinajstić information content (AvgIpc) is 2.99. The number of hydrogen-bond acceptors (Lipinski definition) is 3. The highest BCUT2D eigenvalue weighted by Gasteiger charge is 2.30. The Morgan fingerprint density at radius 3 is 2.85 bits per heavy atom. The summed E-state index contributed by atoms with van der Waals surface area (Å²) < 4.78 is 0. The third-order valence-corrected chi connectivity index (χ3v) is 3.70. The maximum absolute atomic E-state index is 12.6. The third-order valence-electron chi connectivity index (χ3n) is 3.70. The van der Waals surface area contributed by atoms with Gasteiger partial charge in [0, 0.05) is 18.8 Å². The number of carbonyl (C=O) groups excluding carboxylic acids is 1. The molecule has 0 fully saturated rings. The summed E-state index contributed by atoms with van der Waals surface area (Å²) in [5.74, 6) is 0.405. The first-order valence-electron chi connectivity index (χ1n) is 6.83. The van der Waals surface area contributed by atoms with Crippen molar-refractivity contribution < 1.29 is 4.79 Å². The lowest BCUT2D eigenvalue weighted by Gasteiger charge is -2.37. The summed E-state index contributed by atoms with van der Waals surface area (Å²) in [6.07, 6.45) is 1.60. The van der Waals surface area contributed by atoms with Crippen LogP contribution in [-0.4, -0.2) is 28.7 Å². The van der Waals surface area contributed by atoms with Crippen LogP contribution >= 0.6 is 0 Å². The Hall–Kier alpha value is -2.30. The number of aromatic nitrogens is 2. The SMILES string of the molecule is CC(C)[C@H]1CN(C(=O)c2ccn[nH]2)c2ccccc2N1. The number of nitrogens with zero attached hydrogens (tertiary/aromatic N) is 2. The Morgan fingerprint density at radius 1 is 1.35 bits per heavy atom. The van der Waals surface area contributed by atoms with Crippen molar-refractivity contribution in [3.63, 3.8) is 0 Å². The molecule has 5 nitrogen and oxygen atoms in total. The highest BCUT2D eigenvalue weighted by atomic mass is 16.2. The molecule has 1 atom stereocenters. The molecule has 0 saturated carbocycles. The van der Waals surface area contributed by atoms with Gasteiger partial charge in [0.25, 0.3) is 5.91 Å². The molecule has 0 saturated heterocycles. The molecule has 0 radical (unpaired) electrons. The zero-order valence-electron chi connectivity index (χ0n) is 11.6. The van der Waals surface area contributed by atoms with Crippen LogP contribution in [0.4, 0.5) is 11.4 Å². The highest BCUT2D eigenvalue weighted by molar-refractivity contribution is 6.07. The Kier molecular flexibility index (Phi) is 3.18. The molecule has 1 aromatic carbocycles. The van der Waals surface area contributed by atoms with Gasteiger partial charge < -0.3 is 10.2 Å². The number of para-hydroxylation sites is 2. The topological polar surface area (TPSA) is 61.0 Å². The van der Waals surface area contributed by atoms with Crippen molar-refractivity contribution in [2.75, 3.05) is 16.8 Å². The van der Waals surface area contributed by atoms with E-state index in [2.05, 4.69) is 29.4 Å². The molecule has 1 aliphatic heterocycles. The number of nitrogens with one attached hydrogen (secondary N) is 2. The Labute approximate surface area is 118 Å². The van der Waals surface area contributed by atoms with E-state index in [0.29, 0.717) is 18.2 Å². The molecule has 2 aromatic rings. The van der Waals surface area contributed by atoms with E-state index in [4.69, 9.17) is 0 Å². The van der Waals surface area contributed by atoms with Gasteiger partial charge in [-0.25, -0.2) is 0 Å². The summed E-state index contributed by atoms with van der Waals surface area (Å²) in [5.41, 5.74) is 2.44. The number of anilines is 2. The van der Waals surface area contributed by atoms with Crippen LogP contribution in [0.2, 0.25) is 0 Å². The summed E-state index contributed by atoms with van der Waals surface area (Å²) in [6, 6.07) is 9.86. The molecule has 5 heteroatoms. The summed E-state index contributed by atoms with van der Waals surface area (Å²) >= 11 is 0. The van der Waals surface area contributed by atoms with E-state index in [0.717, 1.165) is 11.4 Å². The number of fused-ring (bicyclic) bond motifs is 1. The van der Waals surface area contributed by atoms with Gasteiger partial charge in [-0.2, -0.15) is 5.10 Å². The molecule has 1 amide bonds. The predicted octanol–water partition coefficient (Wildman–Crippen LogP) is 2.51. The van der Waals surface area contributed by atoms with Gasteiger partial charge in [-0.05, 0) is 24.1 Å². The van der Waals surface area contributed by atoms with Crippen LogP contribution in [0.25, 0.3) is 0 Å². The molecule has 3 rings (SSSR count). The maximum Gasteiger partial charge on any atom is 0.276 e. The van der Waals surface area contributed by atoms with Crippen LogP contribution in [0.3, 0.4) is 0 Å². The van der Waals surface area contributed by atoms with Gasteiger partial charge in [-0.15, -0.1) is 0 Å². The van der Waals surface area contributed by atoms with E-state index in [1.165, 1.54) is 0 Å². The lowest BCUT2D eigenvalue weighted by molar-refractivity contribution is 0.0979. The molecule has 2 heterocycles. The van der Waals surface area contributed by atoms with E-state index >= 15 is 0 Å². The predicted molar refractivity (Wildman–Crippen MR) is 79.0 cm³/mol. The molecule has 0 aliphatic carbocycles. The number of benzene rings is 1. The molecule has 2 N–H and O–H groups in total. The monoisotopic (exact) mass is 270 g/mol. The number of carbonyl (C=O) groups is 1. The van der Waals surface area contributed by atoms with Crippen molar-refractivity contribution in [1.82, 2.24) is 10.2 Å². The Morgan fingerprint density at radius 2 is 2.15 bits per heavy atom. The summed E-state index contributed by atoms with van der Waals surface area (Å²) in [4.78, 5) is 14.4. The highest BCUT2D eigenvalue weighted by Crippen LogP contribution is 2.32. The fourth-order valence-corrected chi connectivity index (χ4v) is 2.46. The summed E-state index contributed by atoms with van der Waals surface area (Å²) in [5, 5.41) is 10.1. The van der Waals surface area contributed by atoms with Crippen LogP contribution in [0.15, 0.2) is 36.5 Å². The van der Waals surface area contributed by atoms with Gasteiger partial charge in [0.05, 0.1) is 11.4 Å². The number of amides is 1. The number of hydrogen-bond donors (Lipinski definition) is 2. The molecule has 0 spiro atoms. The Balaban J connectivity index is 1.99. The molecular formula is C15H18N4O. The van der Waals surface area contributed by atoms with Crippen molar-refractivity contribution >= 4 is 17.3 Å². The minimum atomic E-state index is -0.0397. The molecular weight excluding hydrogens is 252 g/mol. The lowest BCUT2D eigenvalue weighted by Crippen LogP contribution is -2.47. The molecule has 104 valence electrons. The van der Waals surface area contributed by atoms with Gasteiger partial charge in [-0.1, -0.05) is 26.0 Å². The largest absolute Gasteiger partial charge is 0.379 e. The fraction of sp³-hybridized carbons (Fsp3) is 0.333. The lowest BCUT2D eigenvalue weighted by atomic mass is 9.99. The zero-order chi connectivity index (χ0) is 14.1. The zero-order valence-corrected chi connectivity index (χ0v) is 11.6. The van der Waals surface area contributed by atoms with E-state index in [-0.39, 0.29) is 11.9 Å². The first-order chi connectivity index (χ1) is 9.66. The molecule has 1 aliphatic rings. The number of H-pyrrole nitrogens is 1. The van der Waals surface area contributed by atoms with Crippen LogP contribution < -0.4 is 10.2 Å². The van der Waals surface area contributed by atoms with Crippen LogP contribution in [0, 0.1) is 5.92 Å². The molecule has 0 unspecified atom stereocenters. The van der Waals surface area contributed by atoms with Crippen molar-refractivity contribution in [2.24, 2.45) is 5.92 Å². The van der Waals surface area contributed by atoms with Gasteiger partial charge >= 0.3 is 0 Å². The van der Waals surface area contributed by atoms with Crippen molar-refractivity contribution in [3.05, 3.63) is 42.2 Å². The minimum absolute atomic E-state index is 0.0397. The maximum atomic E-state index is 12.6. The number of aromatic amines is 1. The first kappa shape index (κ1) is 12.7. The average molecular weight is 270 g/mol. The van der Waals surface area contributed by atoms with E-state index in [9.17, 15) is 4.79 Å². The summed E-state index contributed by atoms with van der Waals surface area (Å²) in [7, 11) is 0. The normalized spacial score (nSPS) is 17.8. The van der Waals surface area contributed by atoms with E-state index in [1.54, 1.807) is 12.3 Å². The smallest absolute Gasteiger partial charge is 0.276 e. The van der Waals surface area contributed by atoms with Crippen molar-refractivity contribution in [3.8, 4) is 0 Å². The van der Waals surface area contributed by atoms with Gasteiger partial charge in [0.15, 0.2) is 0 Å². The molecule has 0 bridgehead atoms. The van der Waals surface area contributed by atoms with Gasteiger partial charge in [-0.3, -0.25) is 9.89 Å². The molecule has 1 aromatic heterocycles. The standard InChI is InChI=1S/C15H18N4O/c1-10(2)13-9-19(15(20)12-7-8-16-18-12)14-6-4-3-5-11(14)17-13/h3-8,10,13,17H,9H2,1-2H3,(H,16,18)/t13-/m1/s1. The van der Waals surface area contributed by atoms with Crippen molar-refractivity contribution in [2.45, 2.75) is 19.9 Å². The van der Waals surface area contributed by atoms with E-state index in [1.807, 2.05) is 29.2 Å². The van der Waals surface area contributed by atoms with Crippen LogP contribution in [0.1, 0.15) is 24.3 Å². The van der Waals surface area contributed by atoms with Crippen LogP contribution in [0.5, 0.6) is 0 Å². The third kappa shape index (κ3) is 2.15. The second-order valence-corrected chi connectivity index (χ2v) is 5.40. The first-order valence-corrected chi connectivity index (χ1v) is 6.83. The van der Waals surface area contributed by atoms with Gasteiger partial charge in [0.2, 0.25) is 0 Å². The minimum Gasteiger partial charge on any atom is -0.379 e.